The Morgan fingerprint density at radius 2 is 2.10 bits per heavy atom. The number of nitrogens with zero attached hydrogens (tertiary/aromatic N) is 2. The summed E-state index contributed by atoms with van der Waals surface area (Å²) in [6.07, 6.45) is 1.70. The third-order valence-corrected chi connectivity index (χ3v) is 2.94. The Morgan fingerprint density at radius 1 is 1.30 bits per heavy atom. The van der Waals surface area contributed by atoms with E-state index in [4.69, 9.17) is 4.74 Å². The van der Waals surface area contributed by atoms with Gasteiger partial charge in [0.15, 0.2) is 0 Å². The smallest absolute Gasteiger partial charge is 0.315 e. The summed E-state index contributed by atoms with van der Waals surface area (Å²) in [4.78, 5) is 11.7. The molecular formula is C14H18N4O2. The molecule has 0 bridgehead atoms. The summed E-state index contributed by atoms with van der Waals surface area (Å²) in [5.74, 6) is 0.777. The van der Waals surface area contributed by atoms with Crippen molar-refractivity contribution in [3.05, 3.63) is 47.8 Å². The van der Waals surface area contributed by atoms with E-state index < -0.39 is 0 Å². The topological polar surface area (TPSA) is 68.2 Å². The summed E-state index contributed by atoms with van der Waals surface area (Å²) in [6, 6.07) is 9.23. The predicted molar refractivity (Wildman–Crippen MR) is 75.3 cm³/mol. The molecule has 20 heavy (non-hydrogen) atoms. The van der Waals surface area contributed by atoms with Crippen LogP contribution in [0.5, 0.6) is 5.75 Å². The number of aromatic nitrogens is 2. The minimum absolute atomic E-state index is 0.214. The molecule has 0 fully saturated rings. The van der Waals surface area contributed by atoms with Crippen LogP contribution in [-0.4, -0.2) is 22.9 Å². The lowest BCUT2D eigenvalue weighted by molar-refractivity contribution is 0.240. The number of methoxy groups -OCH3 is 1. The molecule has 0 unspecified atom stereocenters. The van der Waals surface area contributed by atoms with Crippen LogP contribution in [0.1, 0.15) is 11.3 Å². The van der Waals surface area contributed by atoms with Crippen LogP contribution in [0.2, 0.25) is 0 Å². The molecule has 0 aliphatic rings. The Kier molecular flexibility index (Phi) is 4.60. The molecule has 2 N–H and O–H groups in total. The van der Waals surface area contributed by atoms with Gasteiger partial charge in [-0.15, -0.1) is 0 Å². The lowest BCUT2D eigenvalue weighted by Gasteiger charge is -2.08. The highest BCUT2D eigenvalue weighted by Gasteiger charge is 2.03. The molecule has 2 amide bonds. The number of rotatable bonds is 5. The molecule has 6 heteroatoms. The van der Waals surface area contributed by atoms with Crippen LogP contribution in [0.25, 0.3) is 0 Å². The number of benzene rings is 1. The van der Waals surface area contributed by atoms with Gasteiger partial charge in [0.2, 0.25) is 0 Å². The number of hydrogen-bond acceptors (Lipinski definition) is 3. The SMILES string of the molecule is COc1cccc(CNC(=O)NCc2ccnn2C)c1. The first kappa shape index (κ1) is 13.9. The fourth-order valence-electron chi connectivity index (χ4n) is 1.77. The summed E-state index contributed by atoms with van der Waals surface area (Å²) < 4.78 is 6.86. The number of ether oxygens (including phenoxy) is 1. The molecule has 0 radical (unpaired) electrons. The number of aryl methyl sites for hydroxylation is 1. The van der Waals surface area contributed by atoms with Gasteiger partial charge in [-0.05, 0) is 23.8 Å². The van der Waals surface area contributed by atoms with Crippen LogP contribution in [0.15, 0.2) is 36.5 Å². The summed E-state index contributed by atoms with van der Waals surface area (Å²) in [6.45, 7) is 0.898. The van der Waals surface area contributed by atoms with Gasteiger partial charge < -0.3 is 15.4 Å². The van der Waals surface area contributed by atoms with E-state index in [0.29, 0.717) is 13.1 Å². The Morgan fingerprint density at radius 3 is 2.80 bits per heavy atom. The standard InChI is InChI=1S/C14H18N4O2/c1-18-12(6-7-17-18)10-16-14(19)15-9-11-4-3-5-13(8-11)20-2/h3-8H,9-10H2,1-2H3,(H2,15,16,19). The first-order valence-electron chi connectivity index (χ1n) is 6.30. The van der Waals surface area contributed by atoms with Crippen LogP contribution in [0.4, 0.5) is 4.79 Å². The maximum Gasteiger partial charge on any atom is 0.315 e. The Balaban J connectivity index is 1.78. The second-order valence-electron chi connectivity index (χ2n) is 4.33. The van der Waals surface area contributed by atoms with Crippen LogP contribution in [0, 0.1) is 0 Å². The van der Waals surface area contributed by atoms with E-state index in [1.807, 2.05) is 37.4 Å². The number of carbonyl (C=O) groups excluding carboxylic acids is 1. The lowest BCUT2D eigenvalue weighted by Crippen LogP contribution is -2.35. The van der Waals surface area contributed by atoms with Gasteiger partial charge in [-0.3, -0.25) is 4.68 Å². The highest BCUT2D eigenvalue weighted by molar-refractivity contribution is 5.73. The van der Waals surface area contributed by atoms with Crippen LogP contribution >= 0.6 is 0 Å². The van der Waals surface area contributed by atoms with Crippen LogP contribution in [0.3, 0.4) is 0 Å². The zero-order valence-electron chi connectivity index (χ0n) is 11.6. The average Bonchev–Trinajstić information content (AvgIpc) is 2.88. The van der Waals surface area contributed by atoms with E-state index >= 15 is 0 Å². The van der Waals surface area contributed by atoms with Gasteiger partial charge in [0.25, 0.3) is 0 Å². The zero-order valence-corrected chi connectivity index (χ0v) is 11.6. The Labute approximate surface area is 117 Å². The number of carbonyl (C=O) groups is 1. The van der Waals surface area contributed by atoms with Crippen molar-refractivity contribution in [2.75, 3.05) is 7.11 Å². The molecule has 0 spiro atoms. The van der Waals surface area contributed by atoms with E-state index in [1.165, 1.54) is 0 Å². The van der Waals surface area contributed by atoms with Gasteiger partial charge in [0.1, 0.15) is 5.75 Å². The summed E-state index contributed by atoms with van der Waals surface area (Å²) in [5, 5.41) is 9.62. The van der Waals surface area contributed by atoms with Crippen LogP contribution in [-0.2, 0) is 20.1 Å². The molecule has 1 aromatic carbocycles. The third kappa shape index (κ3) is 3.74. The lowest BCUT2D eigenvalue weighted by atomic mass is 10.2. The average molecular weight is 274 g/mol. The highest BCUT2D eigenvalue weighted by atomic mass is 16.5. The predicted octanol–water partition coefficient (Wildman–Crippen LogP) is 1.43. The number of amides is 2. The van der Waals surface area contributed by atoms with Gasteiger partial charge in [-0.25, -0.2) is 4.79 Å². The molecule has 2 rings (SSSR count). The summed E-state index contributed by atoms with van der Waals surface area (Å²) in [5.41, 5.74) is 1.93. The minimum Gasteiger partial charge on any atom is -0.497 e. The molecule has 0 aliphatic heterocycles. The summed E-state index contributed by atoms with van der Waals surface area (Å²) >= 11 is 0. The monoisotopic (exact) mass is 274 g/mol. The van der Waals surface area contributed by atoms with E-state index in [0.717, 1.165) is 17.0 Å². The molecule has 2 aromatic rings. The minimum atomic E-state index is -0.214. The van der Waals surface area contributed by atoms with E-state index in [1.54, 1.807) is 18.0 Å². The van der Waals surface area contributed by atoms with Crippen molar-refractivity contribution in [1.29, 1.82) is 0 Å². The second kappa shape index (κ2) is 6.60. The molecule has 1 aromatic heterocycles. The fraction of sp³-hybridized carbons (Fsp3) is 0.286. The normalized spacial score (nSPS) is 10.1. The molecular weight excluding hydrogens is 256 g/mol. The van der Waals surface area contributed by atoms with Crippen molar-refractivity contribution in [3.63, 3.8) is 0 Å². The van der Waals surface area contributed by atoms with Crippen molar-refractivity contribution in [2.45, 2.75) is 13.1 Å². The molecule has 0 atom stereocenters. The number of nitrogens with one attached hydrogen (secondary N) is 2. The first-order valence-corrected chi connectivity index (χ1v) is 6.30. The number of hydrogen-bond donors (Lipinski definition) is 2. The van der Waals surface area contributed by atoms with Gasteiger partial charge in [-0.2, -0.15) is 5.10 Å². The molecule has 0 aliphatic carbocycles. The fourth-order valence-corrected chi connectivity index (χ4v) is 1.77. The van der Waals surface area contributed by atoms with Gasteiger partial charge in [-0.1, -0.05) is 12.1 Å². The Bertz CT molecular complexity index is 580. The maximum atomic E-state index is 11.7. The molecule has 1 heterocycles. The van der Waals surface area contributed by atoms with Crippen molar-refractivity contribution in [3.8, 4) is 5.75 Å². The second-order valence-corrected chi connectivity index (χ2v) is 4.33. The highest BCUT2D eigenvalue weighted by Crippen LogP contribution is 2.11. The van der Waals surface area contributed by atoms with Gasteiger partial charge in [0.05, 0.1) is 19.3 Å². The van der Waals surface area contributed by atoms with Crippen molar-refractivity contribution >= 4 is 6.03 Å². The van der Waals surface area contributed by atoms with Crippen LogP contribution < -0.4 is 15.4 Å². The van der Waals surface area contributed by atoms with Gasteiger partial charge in [0, 0.05) is 19.8 Å². The molecule has 106 valence electrons. The number of urea groups is 1. The van der Waals surface area contributed by atoms with Gasteiger partial charge >= 0.3 is 6.03 Å². The zero-order chi connectivity index (χ0) is 14.4. The van der Waals surface area contributed by atoms with E-state index in [-0.39, 0.29) is 6.03 Å². The van der Waals surface area contributed by atoms with E-state index in [9.17, 15) is 4.79 Å². The maximum absolute atomic E-state index is 11.7. The van der Waals surface area contributed by atoms with Crippen molar-refractivity contribution in [1.82, 2.24) is 20.4 Å². The van der Waals surface area contributed by atoms with Crippen molar-refractivity contribution < 1.29 is 9.53 Å². The third-order valence-electron chi connectivity index (χ3n) is 2.94. The van der Waals surface area contributed by atoms with Crippen molar-refractivity contribution in [2.24, 2.45) is 7.05 Å². The Hall–Kier alpha value is -2.50. The molecule has 0 saturated heterocycles. The molecule has 6 nitrogen and oxygen atoms in total. The largest absolute Gasteiger partial charge is 0.497 e. The summed E-state index contributed by atoms with van der Waals surface area (Å²) in [7, 11) is 3.46. The molecule has 0 saturated carbocycles. The quantitative estimate of drug-likeness (QED) is 0.866. The van der Waals surface area contributed by atoms with E-state index in [2.05, 4.69) is 15.7 Å². The first-order chi connectivity index (χ1) is 9.69.